The summed E-state index contributed by atoms with van der Waals surface area (Å²) in [6.45, 7) is 22.5. The molecule has 2 aliphatic rings. The van der Waals surface area contributed by atoms with E-state index < -0.39 is 5.97 Å². The van der Waals surface area contributed by atoms with E-state index in [0.29, 0.717) is 55.3 Å². The van der Waals surface area contributed by atoms with E-state index in [-0.39, 0.29) is 24.1 Å². The molecule has 746 valence electrons. The highest BCUT2D eigenvalue weighted by Gasteiger charge is 2.19. The Bertz CT molecular complexity index is 5580. The molecule has 16 heterocycles. The molecule has 0 bridgehead atoms. The van der Waals surface area contributed by atoms with E-state index in [1.165, 1.54) is 29.3 Å². The topological polar surface area (TPSA) is 590 Å². The fourth-order valence-corrected chi connectivity index (χ4v) is 11.5. The predicted molar refractivity (Wildman–Crippen MR) is 506 cm³/mol. The molecule has 10 N–H and O–H groups in total. The third-order valence-corrected chi connectivity index (χ3v) is 18.5. The maximum Gasteiger partial charge on any atom is 0.358 e. The number of hydrogen-bond donors (Lipinski definition) is 8. The predicted octanol–water partition coefficient (Wildman–Crippen LogP) is -3.27. The Morgan fingerprint density at radius 3 is 1.31 bits per heavy atom. The molecule has 2 saturated heterocycles. The quantitative estimate of drug-likeness (QED) is 0.00915. The highest BCUT2D eigenvalue weighted by atomic mass is 16.4. The van der Waals surface area contributed by atoms with Gasteiger partial charge in [0, 0.05) is 247 Å². The van der Waals surface area contributed by atoms with Crippen LogP contribution in [0, 0.1) is 6.92 Å². The molecule has 2 fully saturated rings. The standard InChI is InChI=1S/C11H20N6O.C10H13N4.C9H17N5O.C9H17N5.C9H11N4.C8H16N4.C6H11N5.C5H10N4.C5H9N3.C4H5N3O2.C4H7N3O.C3H5N3/c1-15-3-5-17(6-4-15)9-11(18)12-7-10-8-16(2)14-13-10;1-8-6-13(2)5-4-9(8)10-7-14(3)12-11-10;1-13-6-8(11-12-13)5-10-9(15)7-14(2,3)4;1-13-8-9(11-12-13)2-5-14-6-3-10-4-7-14;1-12-5-3-8(4-6-12)9-7-13(2)11-10-9;1-3-4-5-9-6-8-7-12(2)11-10-8;1-5(7)8-3-6-4-11(2)10-9-6;1-9-4-5(2-3-6)7-8-9;1-3-5-4-8(2)7-6-5;1-7-2-3(4(8)9)5-6-7;1-7-2-4(3-8)5-6-7;1-6-3-2-4-5-6/h8H,3-7,9H2,1-2H3,(H,12,18);4-7H,1-3H3;6H,5,7H2,1-4H3;8,10H,2-7H2,1H3;3-7H,1-2H3;7,9H,3-6H2,1-2H3;4H,3H2,1-2H3,(H2,7,8);4H,2-3,6H2,1H3;4H,3H2,1-2H3;2H,1H3,(H,8,9);2,8H,3H2,1H3;2-3H,1H3/q;+1;;;+1;;;;;;;/p+1. The number of carbonyl (C=O) groups excluding carboxylic acids is 2. The normalized spacial score (nSPS) is 12.2. The Balaban J connectivity index is 0.000000266. The zero-order valence-electron chi connectivity index (χ0n) is 83.3. The van der Waals surface area contributed by atoms with E-state index in [0.717, 1.165) is 154 Å². The first kappa shape index (κ1) is 113. The van der Waals surface area contributed by atoms with Crippen LogP contribution in [0.3, 0.4) is 0 Å². The van der Waals surface area contributed by atoms with Gasteiger partial charge in [0.25, 0.3) is 5.91 Å². The van der Waals surface area contributed by atoms with Gasteiger partial charge in [0.05, 0.1) is 114 Å². The number of aryl methyl sites for hydroxylation is 16. The van der Waals surface area contributed by atoms with Crippen molar-refractivity contribution in [2.24, 2.45) is 115 Å². The van der Waals surface area contributed by atoms with Crippen LogP contribution in [0.4, 0.5) is 0 Å². The number of nitrogens with two attached hydrogens (primary N) is 2. The molecule has 54 nitrogen and oxygen atoms in total. The first-order chi connectivity index (χ1) is 65.3. The van der Waals surface area contributed by atoms with Crippen LogP contribution < -0.4 is 41.9 Å². The molecule has 0 atom stereocenters. The van der Waals surface area contributed by atoms with Crippen molar-refractivity contribution in [1.82, 2.24) is 216 Å². The number of aliphatic imine (C=N–C) groups is 1. The molecule has 14 aromatic heterocycles. The van der Waals surface area contributed by atoms with Crippen molar-refractivity contribution in [2.75, 3.05) is 113 Å². The number of carbonyl (C=O) groups is 3. The Morgan fingerprint density at radius 2 is 0.934 bits per heavy atom. The lowest BCUT2D eigenvalue weighted by Crippen LogP contribution is -2.48. The van der Waals surface area contributed by atoms with Crippen LogP contribution in [0.25, 0.3) is 22.5 Å². The number of piperazine rings is 2. The molecule has 0 aliphatic carbocycles. The number of aliphatic hydroxyl groups is 1. The first-order valence-corrected chi connectivity index (χ1v) is 44.2. The molecule has 0 aromatic carbocycles. The molecule has 137 heavy (non-hydrogen) atoms. The molecule has 16 rings (SSSR count). The fourth-order valence-electron chi connectivity index (χ4n) is 11.5. The number of aromatic nitrogens is 38. The second-order valence-corrected chi connectivity index (χ2v) is 32.7. The minimum Gasteiger partial charge on any atom is -0.476 e. The molecule has 54 heteroatoms. The Labute approximate surface area is 798 Å². The zero-order chi connectivity index (χ0) is 101. The number of carboxylic acids is 1. The molecule has 0 saturated carbocycles. The van der Waals surface area contributed by atoms with Crippen LogP contribution in [-0.2, 0) is 160 Å². The minimum atomic E-state index is -1.05. The van der Waals surface area contributed by atoms with Crippen molar-refractivity contribution < 1.29 is 38.2 Å². The lowest BCUT2D eigenvalue weighted by atomic mass is 10.1. The first-order valence-electron chi connectivity index (χ1n) is 44.2. The van der Waals surface area contributed by atoms with Gasteiger partial charge < -0.3 is 57.2 Å². The summed E-state index contributed by atoms with van der Waals surface area (Å²) in [5, 5.41) is 120. The van der Waals surface area contributed by atoms with E-state index in [2.05, 4.69) is 205 Å². The number of pyridine rings is 2. The summed E-state index contributed by atoms with van der Waals surface area (Å²) in [6, 6.07) is 6.09. The van der Waals surface area contributed by atoms with Gasteiger partial charge in [0.15, 0.2) is 37.0 Å². The van der Waals surface area contributed by atoms with Crippen molar-refractivity contribution in [3.8, 4) is 22.5 Å². The highest BCUT2D eigenvalue weighted by Crippen LogP contribution is 2.18. The molecular weight excluding hydrogens is 1760 g/mol. The summed E-state index contributed by atoms with van der Waals surface area (Å²) >= 11 is 0. The van der Waals surface area contributed by atoms with Crippen molar-refractivity contribution in [3.05, 3.63) is 180 Å². The highest BCUT2D eigenvalue weighted by molar-refractivity contribution is 5.84. The summed E-state index contributed by atoms with van der Waals surface area (Å²) < 4.78 is 24.3. The summed E-state index contributed by atoms with van der Waals surface area (Å²) in [4.78, 5) is 44.2. The van der Waals surface area contributed by atoms with Gasteiger partial charge >= 0.3 is 5.97 Å². The van der Waals surface area contributed by atoms with Gasteiger partial charge in [-0.15, -0.1) is 61.2 Å². The van der Waals surface area contributed by atoms with Crippen LogP contribution in [0.2, 0.25) is 0 Å². The van der Waals surface area contributed by atoms with Gasteiger partial charge in [0.2, 0.25) is 5.91 Å². The fraction of sp³-hybridized carbons (Fsp3) is 0.542. The van der Waals surface area contributed by atoms with Gasteiger partial charge in [-0.3, -0.25) is 75.7 Å². The monoisotopic (exact) mass is 1910 g/mol. The van der Waals surface area contributed by atoms with E-state index in [9.17, 15) is 14.4 Å². The summed E-state index contributed by atoms with van der Waals surface area (Å²) in [7, 11) is 33.9. The van der Waals surface area contributed by atoms with Crippen molar-refractivity contribution in [3.63, 3.8) is 0 Å². The number of aliphatic hydroxyl groups excluding tert-OH is 1. The Kier molecular flexibility index (Phi) is 51.3. The molecule has 0 spiro atoms. The number of aromatic carboxylic acids is 1. The summed E-state index contributed by atoms with van der Waals surface area (Å²) in [5.74, 6) is -0.419. The average molecular weight is 1910 g/mol. The Hall–Kier alpha value is -14.5. The third kappa shape index (κ3) is 49.9. The molecular formula is C83H142N49O5+3. The number of nitrogens with one attached hydrogen (secondary N) is 4. The molecule has 2 aliphatic heterocycles. The lowest BCUT2D eigenvalue weighted by molar-refractivity contribution is -0.862. The van der Waals surface area contributed by atoms with Crippen LogP contribution in [0.15, 0.2) is 129 Å². The number of likely N-dealkylation sites (N-methyl/N-ethyl adjacent to an activating group) is 2. The van der Waals surface area contributed by atoms with Crippen molar-refractivity contribution >= 4 is 23.6 Å². The largest absolute Gasteiger partial charge is 0.476 e. The lowest BCUT2D eigenvalue weighted by Gasteiger charge is -2.31. The number of amidine groups is 1. The van der Waals surface area contributed by atoms with Crippen molar-refractivity contribution in [1.29, 1.82) is 0 Å². The second-order valence-electron chi connectivity index (χ2n) is 32.7. The smallest absolute Gasteiger partial charge is 0.358 e. The van der Waals surface area contributed by atoms with Crippen LogP contribution in [0.1, 0.15) is 95.2 Å². The molecule has 14 aromatic rings. The SMILES string of the molecule is CC(N)=NCc1cn(C)nn1.CCCCNCc1cn(C)nn1.CCc1cn(C)nn1.CN1CCN(CC(=O)NCc2cn(C)nn2)CC1.Cc1c[n+](C)ccc1-c1cn(C)nn1.Cn1cc(-c2cc[n+](C)cc2)nn1.Cn1cc(C(=O)O)nn1.Cn1cc(CCN)nn1.Cn1cc(CCN2CCNCC2)nn1.Cn1cc(CNC(=O)C[N+](C)(C)C)nn1.Cn1cc(CO)nn1.Cn1ccnn1. The maximum atomic E-state index is 11.8. The zero-order valence-corrected chi connectivity index (χ0v) is 83.3. The third-order valence-electron chi connectivity index (χ3n) is 18.5. The minimum absolute atomic E-state index is 0.0214. The molecule has 0 radical (unpaired) electrons. The van der Waals surface area contributed by atoms with Crippen LogP contribution in [-0.4, -0.2) is 346 Å². The average Bonchev–Trinajstić information content (AvgIpc) is 1.73. The Morgan fingerprint density at radius 1 is 0.496 bits per heavy atom. The summed E-state index contributed by atoms with van der Waals surface area (Å²) in [5.41, 5.74) is 23.0. The van der Waals surface area contributed by atoms with E-state index in [1.807, 2.05) is 182 Å². The second kappa shape index (κ2) is 62.2. The van der Waals surface area contributed by atoms with Gasteiger partial charge in [-0.25, -0.2) is 13.9 Å². The number of quaternary nitrogens is 1. The number of nitrogens with zero attached hydrogens (tertiary/aromatic N) is 43. The number of amides is 2. The van der Waals surface area contributed by atoms with Crippen LogP contribution in [0.5, 0.6) is 0 Å². The van der Waals surface area contributed by atoms with Gasteiger partial charge in [-0.05, 0) is 46.8 Å². The van der Waals surface area contributed by atoms with Gasteiger partial charge in [-0.2, -0.15) is 0 Å². The van der Waals surface area contributed by atoms with E-state index >= 15 is 0 Å². The summed E-state index contributed by atoms with van der Waals surface area (Å²) in [6.07, 6.45) is 36.6. The van der Waals surface area contributed by atoms with Crippen LogP contribution >= 0.6 is 0 Å². The van der Waals surface area contributed by atoms with Gasteiger partial charge in [0.1, 0.15) is 48.3 Å². The molecule has 2 amide bonds. The number of unbranched alkanes of at least 4 members (excludes halogenated alkanes) is 1. The number of carboxylic acid groups (broad SMARTS) is 1. The number of rotatable bonds is 25. The molecule has 0 unspecified atom stereocenters. The van der Waals surface area contributed by atoms with Gasteiger partial charge in [-0.1, -0.05) is 82.8 Å². The number of hydrogen-bond acceptors (Lipinski definition) is 35. The van der Waals surface area contributed by atoms with E-state index in [1.54, 1.807) is 111 Å². The van der Waals surface area contributed by atoms with Crippen molar-refractivity contribution in [2.45, 2.75) is 92.6 Å². The maximum absolute atomic E-state index is 11.8. The van der Waals surface area contributed by atoms with E-state index in [4.69, 9.17) is 21.7 Å².